The van der Waals surface area contributed by atoms with Crippen molar-refractivity contribution in [1.82, 2.24) is 20.1 Å². The molecule has 0 radical (unpaired) electrons. The Morgan fingerprint density at radius 2 is 2.32 bits per heavy atom. The molecule has 0 saturated heterocycles. The van der Waals surface area contributed by atoms with Crippen LogP contribution < -0.4 is 5.73 Å². The van der Waals surface area contributed by atoms with E-state index >= 15 is 0 Å². The average Bonchev–Trinajstić information content (AvgIpc) is 3.08. The van der Waals surface area contributed by atoms with Gasteiger partial charge in [-0.25, -0.2) is 4.98 Å². The lowest BCUT2D eigenvalue weighted by molar-refractivity contribution is -0.137. The maximum atomic E-state index is 12.6. The van der Waals surface area contributed by atoms with Crippen molar-refractivity contribution >= 4 is 11.7 Å². The van der Waals surface area contributed by atoms with Crippen LogP contribution in [0.25, 0.3) is 0 Å². The molecule has 4 N–H and O–H groups in total. The molecule has 8 nitrogen and oxygen atoms in total. The van der Waals surface area contributed by atoms with Crippen LogP contribution in [0.5, 0.6) is 0 Å². The fraction of sp³-hybridized carbons (Fsp3) is 0.636. The summed E-state index contributed by atoms with van der Waals surface area (Å²) < 4.78 is 0. The number of hydrogen-bond acceptors (Lipinski definition) is 5. The minimum atomic E-state index is -0.872. The Morgan fingerprint density at radius 3 is 2.84 bits per heavy atom. The predicted octanol–water partition coefficient (Wildman–Crippen LogP) is 0.0699. The van der Waals surface area contributed by atoms with Crippen LogP contribution in [0.15, 0.2) is 11.5 Å². The highest BCUT2D eigenvalue weighted by molar-refractivity contribution is 6.06. The van der Waals surface area contributed by atoms with Crippen LogP contribution in [-0.4, -0.2) is 44.1 Å². The molecule has 0 aromatic carbocycles. The van der Waals surface area contributed by atoms with E-state index in [1.807, 2.05) is 0 Å². The van der Waals surface area contributed by atoms with Crippen molar-refractivity contribution in [1.29, 1.82) is 0 Å². The van der Waals surface area contributed by atoms with E-state index in [0.717, 1.165) is 12.8 Å². The van der Waals surface area contributed by atoms with Crippen molar-refractivity contribution in [3.63, 3.8) is 0 Å². The van der Waals surface area contributed by atoms with Gasteiger partial charge in [0.05, 0.1) is 6.54 Å². The summed E-state index contributed by atoms with van der Waals surface area (Å²) in [4.78, 5) is 18.1. The van der Waals surface area contributed by atoms with Gasteiger partial charge in [-0.3, -0.25) is 9.89 Å². The second-order valence-corrected chi connectivity index (χ2v) is 4.87. The van der Waals surface area contributed by atoms with Gasteiger partial charge in [0, 0.05) is 7.05 Å². The van der Waals surface area contributed by atoms with E-state index in [-0.39, 0.29) is 11.7 Å². The molecule has 19 heavy (non-hydrogen) atoms. The zero-order valence-electron chi connectivity index (χ0n) is 10.8. The highest BCUT2D eigenvalue weighted by atomic mass is 16.4. The first-order valence-electron chi connectivity index (χ1n) is 6.18. The van der Waals surface area contributed by atoms with Gasteiger partial charge in [-0.15, -0.1) is 0 Å². The summed E-state index contributed by atoms with van der Waals surface area (Å²) in [7, 11) is 1.68. The maximum absolute atomic E-state index is 12.6. The molecular weight excluding hydrogens is 248 g/mol. The molecule has 1 heterocycles. The van der Waals surface area contributed by atoms with E-state index in [4.69, 9.17) is 10.9 Å². The third-order valence-electron chi connectivity index (χ3n) is 3.66. The fourth-order valence-electron chi connectivity index (χ4n) is 2.62. The van der Waals surface area contributed by atoms with Crippen LogP contribution in [0.3, 0.4) is 0 Å². The number of nitrogens with one attached hydrogen (secondary N) is 1. The van der Waals surface area contributed by atoms with E-state index in [1.165, 1.54) is 11.2 Å². The quantitative estimate of drug-likeness (QED) is 0.308. The summed E-state index contributed by atoms with van der Waals surface area (Å²) in [5, 5.41) is 18.4. The fourth-order valence-corrected chi connectivity index (χ4v) is 2.62. The Hall–Kier alpha value is -2.12. The second kappa shape index (κ2) is 5.25. The zero-order valence-corrected chi connectivity index (χ0v) is 10.8. The van der Waals surface area contributed by atoms with Gasteiger partial charge in [0.2, 0.25) is 5.91 Å². The number of amidine groups is 1. The van der Waals surface area contributed by atoms with Gasteiger partial charge >= 0.3 is 0 Å². The number of amides is 1. The molecule has 0 unspecified atom stereocenters. The Balaban J connectivity index is 2.16. The third-order valence-corrected chi connectivity index (χ3v) is 3.66. The summed E-state index contributed by atoms with van der Waals surface area (Å²) in [6.07, 6.45) is 4.42. The number of hydrogen-bond donors (Lipinski definition) is 3. The van der Waals surface area contributed by atoms with Gasteiger partial charge in [-0.1, -0.05) is 18.0 Å². The molecule has 1 aromatic heterocycles. The van der Waals surface area contributed by atoms with Gasteiger partial charge in [0.1, 0.15) is 17.6 Å². The topological polar surface area (TPSA) is 120 Å². The number of aromatic nitrogens is 3. The number of carbonyl (C=O) groups excluding carboxylic acids is 1. The highest BCUT2D eigenvalue weighted by Gasteiger charge is 2.46. The molecule has 104 valence electrons. The molecule has 1 saturated carbocycles. The van der Waals surface area contributed by atoms with Crippen LogP contribution in [-0.2, 0) is 11.3 Å². The van der Waals surface area contributed by atoms with Crippen molar-refractivity contribution in [2.24, 2.45) is 16.3 Å². The average molecular weight is 266 g/mol. The third kappa shape index (κ3) is 2.38. The van der Waals surface area contributed by atoms with Gasteiger partial charge < -0.3 is 15.8 Å². The van der Waals surface area contributed by atoms with E-state index in [0.29, 0.717) is 25.2 Å². The first kappa shape index (κ1) is 13.3. The Labute approximate surface area is 110 Å². The molecule has 0 atom stereocenters. The number of H-pyrrole nitrogens is 1. The normalized spacial score (nSPS) is 18.5. The van der Waals surface area contributed by atoms with Gasteiger partial charge in [0.15, 0.2) is 5.84 Å². The maximum Gasteiger partial charge on any atom is 0.236 e. The Kier molecular flexibility index (Phi) is 3.68. The van der Waals surface area contributed by atoms with E-state index in [1.54, 1.807) is 7.05 Å². The monoisotopic (exact) mass is 266 g/mol. The van der Waals surface area contributed by atoms with Gasteiger partial charge in [-0.2, -0.15) is 5.10 Å². The summed E-state index contributed by atoms with van der Waals surface area (Å²) >= 11 is 0. The lowest BCUT2D eigenvalue weighted by Gasteiger charge is -2.30. The van der Waals surface area contributed by atoms with Gasteiger partial charge in [-0.05, 0) is 12.8 Å². The molecule has 0 spiro atoms. The molecule has 1 aliphatic rings. The van der Waals surface area contributed by atoms with Crippen LogP contribution in [0, 0.1) is 5.41 Å². The van der Waals surface area contributed by atoms with E-state index in [2.05, 4.69) is 20.3 Å². The van der Waals surface area contributed by atoms with Crippen LogP contribution >= 0.6 is 0 Å². The Bertz CT molecular complexity index is 464. The molecule has 1 amide bonds. The summed E-state index contributed by atoms with van der Waals surface area (Å²) in [5.41, 5.74) is 4.87. The molecule has 1 aromatic rings. The molecule has 2 rings (SSSR count). The van der Waals surface area contributed by atoms with Crippen molar-refractivity contribution in [3.8, 4) is 0 Å². The summed E-state index contributed by atoms with van der Waals surface area (Å²) in [6.45, 7) is 0.319. The molecular formula is C11H18N6O2. The number of oxime groups is 1. The lowest BCUT2D eigenvalue weighted by Crippen LogP contribution is -2.48. The van der Waals surface area contributed by atoms with Crippen molar-refractivity contribution < 1.29 is 10.0 Å². The standard InChI is InChI=1S/C11H18N6O2/c1-17(6-8-13-7-14-15-8)10(18)11(9(12)16-19)4-2-3-5-11/h7,19H,2-6H2,1H3,(H2,12,16)(H,13,14,15). The SMILES string of the molecule is CN(Cc1ncn[nH]1)C(=O)C1(C(N)=NO)CCCC1. The lowest BCUT2D eigenvalue weighted by atomic mass is 9.83. The highest BCUT2D eigenvalue weighted by Crippen LogP contribution is 2.40. The minimum Gasteiger partial charge on any atom is -0.409 e. The molecule has 0 bridgehead atoms. The largest absolute Gasteiger partial charge is 0.409 e. The Morgan fingerprint density at radius 1 is 1.63 bits per heavy atom. The summed E-state index contributed by atoms with van der Waals surface area (Å²) in [6, 6.07) is 0. The summed E-state index contributed by atoms with van der Waals surface area (Å²) in [5.74, 6) is 0.458. The molecule has 8 heteroatoms. The van der Waals surface area contributed by atoms with Crippen molar-refractivity contribution in [2.75, 3.05) is 7.05 Å². The smallest absolute Gasteiger partial charge is 0.236 e. The number of carbonyl (C=O) groups is 1. The van der Waals surface area contributed by atoms with Crippen LogP contribution in [0.4, 0.5) is 0 Å². The molecule has 0 aliphatic heterocycles. The number of rotatable bonds is 4. The predicted molar refractivity (Wildman–Crippen MR) is 67.2 cm³/mol. The van der Waals surface area contributed by atoms with Crippen LogP contribution in [0.2, 0.25) is 0 Å². The van der Waals surface area contributed by atoms with Crippen molar-refractivity contribution in [2.45, 2.75) is 32.2 Å². The van der Waals surface area contributed by atoms with Gasteiger partial charge in [0.25, 0.3) is 0 Å². The number of aromatic amines is 1. The zero-order chi connectivity index (χ0) is 13.9. The first-order valence-corrected chi connectivity index (χ1v) is 6.18. The van der Waals surface area contributed by atoms with Crippen molar-refractivity contribution in [3.05, 3.63) is 12.2 Å². The van der Waals surface area contributed by atoms with Crippen LogP contribution in [0.1, 0.15) is 31.5 Å². The van der Waals surface area contributed by atoms with E-state index < -0.39 is 5.41 Å². The minimum absolute atomic E-state index is 0.000537. The second-order valence-electron chi connectivity index (χ2n) is 4.87. The first-order chi connectivity index (χ1) is 9.10. The molecule has 1 fully saturated rings. The molecule has 1 aliphatic carbocycles. The van der Waals surface area contributed by atoms with E-state index in [9.17, 15) is 4.79 Å². The number of nitrogens with zero attached hydrogens (tertiary/aromatic N) is 4. The number of nitrogens with two attached hydrogens (primary N) is 1.